The molecular formula is C23H15F4N2O4+. The van der Waals surface area contributed by atoms with Crippen molar-refractivity contribution >= 4 is 11.9 Å². The smallest absolute Gasteiger partial charge is 0.416 e. The molecule has 3 aromatic rings. The highest BCUT2D eigenvalue weighted by Gasteiger charge is 2.66. The third-order valence-corrected chi connectivity index (χ3v) is 5.91. The normalized spacial score (nSPS) is 20.9. The van der Waals surface area contributed by atoms with E-state index in [4.69, 9.17) is 4.74 Å². The van der Waals surface area contributed by atoms with Gasteiger partial charge in [-0.3, -0.25) is 4.98 Å². The molecule has 0 radical (unpaired) electrons. The van der Waals surface area contributed by atoms with Gasteiger partial charge in [-0.05, 0) is 48.5 Å². The molecular weight excluding hydrogens is 444 g/mol. The molecule has 0 spiro atoms. The number of fused-ring (bicyclic) bond motifs is 2. The molecule has 33 heavy (non-hydrogen) atoms. The Balaban J connectivity index is 1.46. The number of aromatic carboxylic acids is 1. The maximum absolute atomic E-state index is 14.4. The van der Waals surface area contributed by atoms with Crippen LogP contribution < -0.4 is 4.74 Å². The summed E-state index contributed by atoms with van der Waals surface area (Å²) in [6.45, 7) is 0.418. The quantitative estimate of drug-likeness (QED) is 0.355. The van der Waals surface area contributed by atoms with Crippen LogP contribution in [0.2, 0.25) is 0 Å². The molecule has 3 heterocycles. The molecule has 1 amide bonds. The average Bonchev–Trinajstić information content (AvgIpc) is 3.50. The van der Waals surface area contributed by atoms with Crippen LogP contribution in [-0.2, 0) is 12.7 Å². The van der Waals surface area contributed by atoms with Gasteiger partial charge in [0.1, 0.15) is 23.7 Å². The van der Waals surface area contributed by atoms with Crippen LogP contribution in [0.3, 0.4) is 0 Å². The number of carbonyl (C=O) groups is 2. The minimum absolute atomic E-state index is 0.0661. The zero-order chi connectivity index (χ0) is 23.5. The summed E-state index contributed by atoms with van der Waals surface area (Å²) in [7, 11) is 0. The van der Waals surface area contributed by atoms with Crippen molar-refractivity contribution in [3.8, 4) is 17.0 Å². The first-order chi connectivity index (χ1) is 15.6. The number of alkyl halides is 3. The van der Waals surface area contributed by atoms with Crippen LogP contribution in [0, 0.1) is 5.82 Å². The first-order valence-electron chi connectivity index (χ1n) is 9.86. The number of carbonyl (C=O) groups excluding carboxylic acids is 1. The molecule has 1 fully saturated rings. The minimum Gasteiger partial charge on any atom is -0.478 e. The van der Waals surface area contributed by atoms with Crippen LogP contribution in [0.4, 0.5) is 17.6 Å². The van der Waals surface area contributed by atoms with E-state index in [1.165, 1.54) is 18.3 Å². The molecule has 1 saturated heterocycles. The number of pyridine rings is 1. The van der Waals surface area contributed by atoms with Crippen LogP contribution in [0.1, 0.15) is 31.8 Å². The van der Waals surface area contributed by atoms with Crippen molar-refractivity contribution in [1.29, 1.82) is 0 Å². The second kappa shape index (κ2) is 7.11. The first kappa shape index (κ1) is 21.1. The van der Waals surface area contributed by atoms with Gasteiger partial charge in [-0.15, -0.1) is 0 Å². The van der Waals surface area contributed by atoms with Crippen molar-refractivity contribution in [1.82, 2.24) is 4.98 Å². The summed E-state index contributed by atoms with van der Waals surface area (Å²) < 4.78 is 58.5. The molecule has 1 aromatic heterocycles. The highest BCUT2D eigenvalue weighted by Crippen LogP contribution is 2.45. The molecule has 0 bridgehead atoms. The van der Waals surface area contributed by atoms with Crippen molar-refractivity contribution in [2.45, 2.75) is 18.9 Å². The number of hydrogen-bond acceptors (Lipinski definition) is 4. The summed E-state index contributed by atoms with van der Waals surface area (Å²) in [5.74, 6) is -2.46. The van der Waals surface area contributed by atoms with E-state index < -0.39 is 41.2 Å². The number of ether oxygens (including phenoxy) is 1. The molecule has 1 N–H and O–H groups in total. The number of hydrogen-bond donors (Lipinski definition) is 1. The number of benzene rings is 2. The van der Waals surface area contributed by atoms with Crippen molar-refractivity contribution in [3.63, 3.8) is 0 Å². The van der Waals surface area contributed by atoms with Gasteiger partial charge < -0.3 is 9.84 Å². The summed E-state index contributed by atoms with van der Waals surface area (Å²) in [6, 6.07) is 9.77. The van der Waals surface area contributed by atoms with Gasteiger partial charge in [0, 0.05) is 17.3 Å². The van der Waals surface area contributed by atoms with E-state index in [-0.39, 0.29) is 23.1 Å². The number of aromatic nitrogens is 1. The van der Waals surface area contributed by atoms with E-state index in [0.29, 0.717) is 34.7 Å². The lowest BCUT2D eigenvalue weighted by Gasteiger charge is -2.24. The van der Waals surface area contributed by atoms with Gasteiger partial charge in [-0.2, -0.15) is 13.2 Å². The largest absolute Gasteiger partial charge is 0.478 e. The number of halogens is 4. The third-order valence-electron chi connectivity index (χ3n) is 5.91. The number of carboxylic acids is 1. The van der Waals surface area contributed by atoms with E-state index in [1.807, 2.05) is 0 Å². The Morgan fingerprint density at radius 1 is 1.09 bits per heavy atom. The molecule has 168 valence electrons. The van der Waals surface area contributed by atoms with Gasteiger partial charge in [-0.1, -0.05) is 0 Å². The summed E-state index contributed by atoms with van der Waals surface area (Å²) >= 11 is 0. The van der Waals surface area contributed by atoms with Crippen LogP contribution >= 0.6 is 0 Å². The Hall–Kier alpha value is -3.79. The molecule has 5 rings (SSSR count). The van der Waals surface area contributed by atoms with Crippen molar-refractivity contribution in [2.24, 2.45) is 0 Å². The third kappa shape index (κ3) is 3.52. The van der Waals surface area contributed by atoms with Crippen molar-refractivity contribution < 1.29 is 41.5 Å². The highest BCUT2D eigenvalue weighted by molar-refractivity contribution is 5.90. The van der Waals surface area contributed by atoms with E-state index >= 15 is 0 Å². The number of nitrogens with zero attached hydrogens (tertiary/aromatic N) is 2. The predicted molar refractivity (Wildman–Crippen MR) is 106 cm³/mol. The van der Waals surface area contributed by atoms with Crippen LogP contribution in [0.25, 0.3) is 11.3 Å². The summed E-state index contributed by atoms with van der Waals surface area (Å²) in [6.07, 6.45) is -3.89. The van der Waals surface area contributed by atoms with Crippen LogP contribution in [0.5, 0.6) is 5.75 Å². The standard InChI is InChI=1S/C23H14F4N2O4/c24-17-9-15(23(25,26)27)2-3-16(17)21(30)29-10-14-7-12(1-4-19(14)33-20(29)11-29)18-8-13(22(31)32)5-6-28-18/h1-9,20H,10-11H2/p+1/t20-,29?/m0/s1. The Labute approximate surface area is 184 Å². The molecule has 6 nitrogen and oxygen atoms in total. The Bertz CT molecular complexity index is 1320. The number of carboxylic acid groups (broad SMARTS) is 1. The SMILES string of the molecule is O=C(O)c1ccnc(-c2ccc3c(c2)C[N+]2(C(=O)c4ccc(C(F)(F)F)cc4F)C[C@@H]2O3)c1. The molecule has 1 unspecified atom stereocenters. The van der Waals surface area contributed by atoms with Crippen LogP contribution in [-0.4, -0.2) is 39.2 Å². The van der Waals surface area contributed by atoms with Crippen LogP contribution in [0.15, 0.2) is 54.7 Å². The molecule has 2 aliphatic heterocycles. The molecule has 2 aliphatic rings. The highest BCUT2D eigenvalue weighted by atomic mass is 19.4. The summed E-state index contributed by atoms with van der Waals surface area (Å²) in [5, 5.41) is 9.19. The Morgan fingerprint density at radius 3 is 2.58 bits per heavy atom. The number of quaternary nitrogens is 1. The maximum atomic E-state index is 14.4. The lowest BCUT2D eigenvalue weighted by Crippen LogP contribution is -2.40. The molecule has 2 atom stereocenters. The second-order valence-corrected chi connectivity index (χ2v) is 8.00. The van der Waals surface area contributed by atoms with Gasteiger partial charge in [0.2, 0.25) is 0 Å². The predicted octanol–water partition coefficient (Wildman–Crippen LogP) is 4.49. The summed E-state index contributed by atoms with van der Waals surface area (Å²) in [5.41, 5.74) is 0.120. The zero-order valence-electron chi connectivity index (χ0n) is 16.8. The van der Waals surface area contributed by atoms with Crippen molar-refractivity contribution in [3.05, 3.63) is 82.8 Å². The monoisotopic (exact) mass is 459 g/mol. The van der Waals surface area contributed by atoms with E-state index in [9.17, 15) is 32.3 Å². The van der Waals surface area contributed by atoms with Gasteiger partial charge in [0.25, 0.3) is 6.23 Å². The minimum atomic E-state index is -4.72. The number of rotatable bonds is 3. The lowest BCUT2D eigenvalue weighted by molar-refractivity contribution is -0.758. The van der Waals surface area contributed by atoms with E-state index in [0.717, 1.165) is 6.07 Å². The fraction of sp³-hybridized carbons (Fsp3) is 0.174. The maximum Gasteiger partial charge on any atom is 0.416 e. The van der Waals surface area contributed by atoms with Crippen molar-refractivity contribution in [2.75, 3.05) is 6.54 Å². The topological polar surface area (TPSA) is 76.5 Å². The van der Waals surface area contributed by atoms with E-state index in [2.05, 4.69) is 4.98 Å². The fourth-order valence-corrected chi connectivity index (χ4v) is 4.08. The molecule has 0 aliphatic carbocycles. The fourth-order valence-electron chi connectivity index (χ4n) is 4.08. The van der Waals surface area contributed by atoms with E-state index in [1.54, 1.807) is 18.2 Å². The van der Waals surface area contributed by atoms with Gasteiger partial charge in [0.05, 0.1) is 16.8 Å². The number of amides is 1. The Morgan fingerprint density at radius 2 is 1.88 bits per heavy atom. The van der Waals surface area contributed by atoms with Gasteiger partial charge in [0.15, 0.2) is 6.54 Å². The van der Waals surface area contributed by atoms with Gasteiger partial charge >= 0.3 is 18.1 Å². The Kier molecular flexibility index (Phi) is 4.54. The molecule has 10 heteroatoms. The molecule has 2 aromatic carbocycles. The first-order valence-corrected chi connectivity index (χ1v) is 9.86. The average molecular weight is 459 g/mol. The summed E-state index contributed by atoms with van der Waals surface area (Å²) in [4.78, 5) is 28.6. The molecule has 0 saturated carbocycles. The second-order valence-electron chi connectivity index (χ2n) is 8.00. The zero-order valence-corrected chi connectivity index (χ0v) is 16.8. The lowest BCUT2D eigenvalue weighted by atomic mass is 10.0. The van der Waals surface area contributed by atoms with Gasteiger partial charge in [-0.25, -0.2) is 18.5 Å².